The van der Waals surface area contributed by atoms with Crippen LogP contribution in [0.2, 0.25) is 0 Å². The van der Waals surface area contributed by atoms with Gasteiger partial charge in [0.2, 0.25) is 0 Å². The van der Waals surface area contributed by atoms with E-state index >= 15 is 0 Å². The highest BCUT2D eigenvalue weighted by Gasteiger charge is 2.27. The number of aryl methyl sites for hydroxylation is 1. The van der Waals surface area contributed by atoms with Crippen LogP contribution in [0.1, 0.15) is 182 Å². The minimum absolute atomic E-state index is 0.469. The van der Waals surface area contributed by atoms with Crippen molar-refractivity contribution in [1.29, 1.82) is 0 Å². The zero-order valence-corrected chi connectivity index (χ0v) is 40.8. The molecule has 0 fully saturated rings. The summed E-state index contributed by atoms with van der Waals surface area (Å²) in [6, 6.07) is 64.9. The molecule has 0 heteroatoms. The van der Waals surface area contributed by atoms with E-state index in [0.717, 1.165) is 25.7 Å². The van der Waals surface area contributed by atoms with E-state index in [2.05, 4.69) is 245 Å². The summed E-state index contributed by atoms with van der Waals surface area (Å²) < 4.78 is 0. The third-order valence-electron chi connectivity index (χ3n) is 13.6. The maximum absolute atomic E-state index is 3.76. The van der Waals surface area contributed by atoms with Crippen LogP contribution in [0, 0.1) is 10.8 Å². The summed E-state index contributed by atoms with van der Waals surface area (Å²) in [6.07, 6.45) is 12.6. The molecule has 0 bridgehead atoms. The van der Waals surface area contributed by atoms with Gasteiger partial charge >= 0.3 is 0 Å². The lowest BCUT2D eigenvalue weighted by molar-refractivity contribution is 0.322. The molecule has 0 aliphatic carbocycles. The topological polar surface area (TPSA) is 0 Å². The Hall–Kier alpha value is -4.94. The molecule has 0 saturated heterocycles. The molecule has 5 unspecified atom stereocenters. The van der Waals surface area contributed by atoms with E-state index in [-0.39, 0.29) is 0 Å². The van der Waals surface area contributed by atoms with E-state index in [9.17, 15) is 0 Å². The second-order valence-electron chi connectivity index (χ2n) is 20.0. The minimum atomic E-state index is 0.469. The first-order valence-corrected chi connectivity index (χ1v) is 24.3. The third-order valence-corrected chi connectivity index (χ3v) is 13.6. The average molecular weight is 839 g/mol. The van der Waals surface area contributed by atoms with Crippen molar-refractivity contribution in [3.63, 3.8) is 0 Å². The molecule has 0 spiro atoms. The van der Waals surface area contributed by atoms with Crippen molar-refractivity contribution in [2.75, 3.05) is 0 Å². The van der Waals surface area contributed by atoms with Gasteiger partial charge in [0.15, 0.2) is 0 Å². The normalized spacial score (nSPS) is 13.8. The maximum atomic E-state index is 3.76. The van der Waals surface area contributed by atoms with Gasteiger partial charge < -0.3 is 0 Å². The molecule has 6 aromatic carbocycles. The van der Waals surface area contributed by atoms with Crippen molar-refractivity contribution in [3.8, 4) is 0 Å². The van der Waals surface area contributed by atoms with Crippen molar-refractivity contribution >= 4 is 6.08 Å². The van der Waals surface area contributed by atoms with Gasteiger partial charge in [-0.05, 0) is 124 Å². The Balaban J connectivity index is 0.000000342. The minimum Gasteiger partial charge on any atom is -0.0985 e. The molecule has 0 aliphatic heterocycles. The van der Waals surface area contributed by atoms with Crippen LogP contribution in [-0.2, 0) is 6.42 Å². The van der Waals surface area contributed by atoms with Crippen molar-refractivity contribution in [2.45, 2.75) is 150 Å². The van der Waals surface area contributed by atoms with E-state index in [1.165, 1.54) is 71.0 Å². The first kappa shape index (κ1) is 50.7. The average Bonchev–Trinajstić information content (AvgIpc) is 3.33. The zero-order chi connectivity index (χ0) is 45.5. The lowest BCUT2D eigenvalue weighted by Gasteiger charge is -2.31. The van der Waals surface area contributed by atoms with Gasteiger partial charge in [0.05, 0.1) is 0 Å². The van der Waals surface area contributed by atoms with Crippen molar-refractivity contribution < 1.29 is 0 Å². The summed E-state index contributed by atoms with van der Waals surface area (Å²) in [5, 5.41) is 0. The fourth-order valence-electron chi connectivity index (χ4n) is 8.40. The summed E-state index contributed by atoms with van der Waals surface area (Å²) >= 11 is 0. The van der Waals surface area contributed by atoms with Crippen LogP contribution in [0.15, 0.2) is 183 Å². The van der Waals surface area contributed by atoms with Crippen LogP contribution < -0.4 is 0 Å². The van der Waals surface area contributed by atoms with Crippen LogP contribution in [-0.4, -0.2) is 0 Å². The first-order chi connectivity index (χ1) is 30.3. The van der Waals surface area contributed by atoms with E-state index in [0.29, 0.717) is 40.4 Å². The SMILES string of the molecule is C=Cc1ccc(CCC(C)(C)CC)cc1.CCC(C)(C)C.CCC(CC(CC(CC(CC(C)c1ccccc1)c1ccccc1)c1ccccc1)c1ccccc1)c1ccccc1. The van der Waals surface area contributed by atoms with Gasteiger partial charge in [0.25, 0.3) is 0 Å². The van der Waals surface area contributed by atoms with Crippen molar-refractivity contribution in [2.24, 2.45) is 10.8 Å². The summed E-state index contributed by atoms with van der Waals surface area (Å²) in [7, 11) is 0. The molecular weight excluding hydrogens is 757 g/mol. The van der Waals surface area contributed by atoms with Gasteiger partial charge in [0, 0.05) is 0 Å². The third kappa shape index (κ3) is 18.4. The van der Waals surface area contributed by atoms with Gasteiger partial charge in [-0.2, -0.15) is 0 Å². The number of rotatable bonds is 19. The fraction of sp³-hybridized carbons (Fsp3) is 0.397. The Labute approximate surface area is 386 Å². The summed E-state index contributed by atoms with van der Waals surface area (Å²) in [6.45, 7) is 24.4. The lowest BCUT2D eigenvalue weighted by Crippen LogP contribution is -2.15. The molecule has 6 aromatic rings. The molecule has 6 rings (SSSR count). The Morgan fingerprint density at radius 3 is 1.10 bits per heavy atom. The van der Waals surface area contributed by atoms with E-state index < -0.39 is 0 Å². The molecule has 0 heterocycles. The molecule has 334 valence electrons. The largest absolute Gasteiger partial charge is 0.0985 e. The quantitative estimate of drug-likeness (QED) is 0.0762. The highest BCUT2D eigenvalue weighted by molar-refractivity contribution is 5.47. The standard InChI is InChI=1S/C42H46.C15H22.C6H14/c1-3-34(36-21-11-5-12-22-36)30-41(38-25-15-7-16-26-38)32-42(39-27-17-8-18-28-39)31-40(37-23-13-6-14-24-37)29-33(2)35-19-9-4-10-20-35;1-5-13-7-9-14(10-8-13)11-12-15(3,4)6-2;1-5-6(2,3)4/h4-28,33-34,40-42H,3,29-32H2,1-2H3;5,7-10H,1,6,11-12H2,2-4H3;5H2,1-4H3. The highest BCUT2D eigenvalue weighted by Crippen LogP contribution is 2.44. The molecule has 0 aromatic heterocycles. The summed E-state index contributed by atoms with van der Waals surface area (Å²) in [4.78, 5) is 0. The van der Waals surface area contributed by atoms with Crippen LogP contribution in [0.25, 0.3) is 6.08 Å². The molecule has 5 atom stereocenters. The van der Waals surface area contributed by atoms with Gasteiger partial charge in [0.1, 0.15) is 0 Å². The van der Waals surface area contributed by atoms with E-state index in [1.807, 2.05) is 6.08 Å². The molecule has 0 nitrogen and oxygen atoms in total. The maximum Gasteiger partial charge on any atom is -0.0150 e. The Morgan fingerprint density at radius 2 is 0.762 bits per heavy atom. The number of benzene rings is 6. The Morgan fingerprint density at radius 1 is 0.429 bits per heavy atom. The molecule has 0 saturated carbocycles. The lowest BCUT2D eigenvalue weighted by atomic mass is 9.73. The molecule has 0 amide bonds. The summed E-state index contributed by atoms with van der Waals surface area (Å²) in [5.41, 5.74) is 11.0. The van der Waals surface area contributed by atoms with Gasteiger partial charge in [-0.15, -0.1) is 0 Å². The van der Waals surface area contributed by atoms with Gasteiger partial charge in [-0.1, -0.05) is 264 Å². The smallest absolute Gasteiger partial charge is 0.0150 e. The predicted octanol–water partition coefficient (Wildman–Crippen LogP) is 19.0. The van der Waals surface area contributed by atoms with Crippen molar-refractivity contribution in [1.82, 2.24) is 0 Å². The number of hydrogen-bond acceptors (Lipinski definition) is 0. The van der Waals surface area contributed by atoms with Gasteiger partial charge in [-0.25, -0.2) is 0 Å². The number of hydrogen-bond donors (Lipinski definition) is 0. The molecule has 0 N–H and O–H groups in total. The fourth-order valence-corrected chi connectivity index (χ4v) is 8.40. The second kappa shape index (κ2) is 26.6. The first-order valence-electron chi connectivity index (χ1n) is 24.3. The second-order valence-corrected chi connectivity index (χ2v) is 20.0. The van der Waals surface area contributed by atoms with Gasteiger partial charge in [-0.3, -0.25) is 0 Å². The van der Waals surface area contributed by atoms with Crippen LogP contribution in [0.4, 0.5) is 0 Å². The molecule has 0 radical (unpaired) electrons. The van der Waals surface area contributed by atoms with Crippen LogP contribution in [0.5, 0.6) is 0 Å². The predicted molar refractivity (Wildman–Crippen MR) is 279 cm³/mol. The van der Waals surface area contributed by atoms with E-state index in [1.54, 1.807) is 0 Å². The van der Waals surface area contributed by atoms with Crippen LogP contribution in [0.3, 0.4) is 0 Å². The molecular formula is C63H82. The molecule has 63 heavy (non-hydrogen) atoms. The van der Waals surface area contributed by atoms with Crippen molar-refractivity contribution in [3.05, 3.63) is 221 Å². The summed E-state index contributed by atoms with van der Waals surface area (Å²) in [5.74, 6) is 2.50. The zero-order valence-electron chi connectivity index (χ0n) is 40.8. The van der Waals surface area contributed by atoms with Crippen LogP contribution >= 0.6 is 0 Å². The Kier molecular flexibility index (Phi) is 21.4. The van der Waals surface area contributed by atoms with E-state index in [4.69, 9.17) is 0 Å². The molecule has 0 aliphatic rings. The Bertz CT molecular complexity index is 2050. The monoisotopic (exact) mass is 839 g/mol. The highest BCUT2D eigenvalue weighted by atomic mass is 14.3.